The molecule has 0 amide bonds. The largest absolute Gasteiger partial charge is 0.323 e. The molecule has 0 saturated heterocycles. The summed E-state index contributed by atoms with van der Waals surface area (Å²) < 4.78 is 72.1. The fraction of sp³-hybridized carbons (Fsp3) is 0.263. The van der Waals surface area contributed by atoms with Crippen LogP contribution in [0.25, 0.3) is 11.1 Å². The van der Waals surface area contributed by atoms with Gasteiger partial charge >= 0.3 is 0 Å². The maximum absolute atomic E-state index is 13.6. The minimum absolute atomic E-state index is 0.0727. The molecule has 4 aromatic rings. The van der Waals surface area contributed by atoms with E-state index in [0.29, 0.717) is 47.9 Å². The van der Waals surface area contributed by atoms with E-state index in [9.17, 15) is 35.5 Å². The summed E-state index contributed by atoms with van der Waals surface area (Å²) in [6, 6.07) is 22.7. The Morgan fingerprint density at radius 3 is 1.29 bits per heavy atom. The molecule has 52 heavy (non-hydrogen) atoms. The number of nitrogens with zero attached hydrogens (tertiary/aromatic N) is 2. The van der Waals surface area contributed by atoms with Crippen LogP contribution in [0.2, 0.25) is 0 Å². The molecule has 4 aromatic carbocycles. The van der Waals surface area contributed by atoms with Crippen LogP contribution in [0.15, 0.2) is 95.1 Å². The Hall–Kier alpha value is -5.02. The van der Waals surface area contributed by atoms with E-state index in [1.165, 1.54) is 24.3 Å². The molecule has 2 aliphatic carbocycles. The lowest BCUT2D eigenvalue weighted by Crippen LogP contribution is -2.46. The summed E-state index contributed by atoms with van der Waals surface area (Å²) in [7, 11) is -9.88. The highest BCUT2D eigenvalue weighted by atomic mass is 32.2. The lowest BCUT2D eigenvalue weighted by atomic mass is 9.73. The zero-order valence-electron chi connectivity index (χ0n) is 28.5. The van der Waals surface area contributed by atoms with Gasteiger partial charge in [-0.15, -0.1) is 0 Å². The number of carbonyl (C=O) groups excluding carboxylic acids is 2. The highest BCUT2D eigenvalue weighted by Crippen LogP contribution is 2.49. The molecule has 0 fully saturated rings. The third kappa shape index (κ3) is 5.57. The number of rotatable bonds is 9. The predicted octanol–water partition coefficient (Wildman–Crippen LogP) is 5.32. The Morgan fingerprint density at radius 1 is 0.596 bits per heavy atom. The Kier molecular flexibility index (Phi) is 9.55. The zero-order valence-corrected chi connectivity index (χ0v) is 30.2. The van der Waals surface area contributed by atoms with Crippen molar-refractivity contribution in [2.75, 3.05) is 0 Å². The van der Waals surface area contributed by atoms with E-state index >= 15 is 0 Å². The summed E-state index contributed by atoms with van der Waals surface area (Å²) >= 11 is 0. The first-order chi connectivity index (χ1) is 24.7. The van der Waals surface area contributed by atoms with Crippen LogP contribution in [-0.4, -0.2) is 48.9 Å². The van der Waals surface area contributed by atoms with Crippen molar-refractivity contribution in [3.8, 4) is 11.1 Å². The van der Waals surface area contributed by atoms with Crippen LogP contribution in [0.3, 0.4) is 0 Å². The Bertz CT molecular complexity index is 2260. The van der Waals surface area contributed by atoms with E-state index < -0.39 is 54.1 Å². The molecule has 2 atom stereocenters. The van der Waals surface area contributed by atoms with E-state index in [0.717, 1.165) is 0 Å². The van der Waals surface area contributed by atoms with Crippen molar-refractivity contribution in [3.63, 3.8) is 0 Å². The first-order valence-electron chi connectivity index (χ1n) is 16.7. The molecule has 0 saturated carbocycles. The van der Waals surface area contributed by atoms with Gasteiger partial charge in [-0.25, -0.2) is 0 Å². The van der Waals surface area contributed by atoms with Gasteiger partial charge in [0, 0.05) is 24.0 Å². The fourth-order valence-electron chi connectivity index (χ4n) is 7.91. The third-order valence-electron chi connectivity index (χ3n) is 10.2. The average molecular weight is 743 g/mol. The number of hydrazone groups is 2. The average Bonchev–Trinajstić information content (AvgIpc) is 3.12. The summed E-state index contributed by atoms with van der Waals surface area (Å²) in [5, 5.41) is 7.25. The summed E-state index contributed by atoms with van der Waals surface area (Å²) in [4.78, 5) is 26.4. The number of carbonyl (C=O) groups is 2. The topological polar surface area (TPSA) is 220 Å². The molecule has 6 rings (SSSR count). The van der Waals surface area contributed by atoms with Gasteiger partial charge in [-0.2, -0.15) is 27.0 Å². The Morgan fingerprint density at radius 2 is 0.962 bits per heavy atom. The van der Waals surface area contributed by atoms with E-state index in [1.807, 2.05) is 26.0 Å². The van der Waals surface area contributed by atoms with Gasteiger partial charge in [-0.3, -0.25) is 18.7 Å². The molecule has 0 radical (unpaired) electrons. The van der Waals surface area contributed by atoms with E-state index in [-0.39, 0.29) is 44.8 Å². The molecule has 0 aromatic heterocycles. The smallest absolute Gasteiger partial charge is 0.279 e. The van der Waals surface area contributed by atoms with E-state index in [2.05, 4.69) is 10.2 Å². The molecule has 12 nitrogen and oxygen atoms in total. The van der Waals surface area contributed by atoms with Gasteiger partial charge in [0.2, 0.25) is 11.6 Å². The first kappa shape index (κ1) is 36.8. The van der Waals surface area contributed by atoms with Crippen LogP contribution < -0.4 is 11.7 Å². The van der Waals surface area contributed by atoms with Crippen molar-refractivity contribution in [1.29, 1.82) is 0 Å². The maximum atomic E-state index is 13.6. The summed E-state index contributed by atoms with van der Waals surface area (Å²) in [5.74, 6) is 10.1. The van der Waals surface area contributed by atoms with E-state index in [4.69, 9.17) is 11.7 Å². The Balaban J connectivity index is 1.58. The number of benzene rings is 4. The standard InChI is InChI=1S/C38H38N4O8S2/c1-3-9-25-19-23(15-17-29(25)37(51(45,46)47)21-33(41-39)35(43)27-11-5-7-13-31(27)37)24-16-18-30(26(20-24)10-4-2)38(52(48,49)50)22-34(42-40)36(44)28-12-6-8-14-32(28)38/h5-8,11-20H,3-4,9-10,21-22,39-40H2,1-2H3,(H,45,46,47)(H,48,49,50). The second-order valence-corrected chi connectivity index (χ2v) is 16.4. The summed E-state index contributed by atoms with van der Waals surface area (Å²) in [6.07, 6.45) is 1.08. The van der Waals surface area contributed by atoms with Crippen molar-refractivity contribution in [2.45, 2.75) is 61.9 Å². The molecular formula is C38H38N4O8S2. The van der Waals surface area contributed by atoms with Crippen LogP contribution in [0.1, 0.15) is 93.6 Å². The van der Waals surface area contributed by atoms with Crippen molar-refractivity contribution >= 4 is 43.2 Å². The van der Waals surface area contributed by atoms with Gasteiger partial charge in [-0.1, -0.05) is 112 Å². The molecule has 270 valence electrons. The van der Waals surface area contributed by atoms with Crippen LogP contribution in [0.4, 0.5) is 0 Å². The van der Waals surface area contributed by atoms with Crippen molar-refractivity contribution in [1.82, 2.24) is 0 Å². The molecule has 0 aliphatic heterocycles. The SMILES string of the molecule is CCCc1cc(-c2ccc(C3(S(=O)(=O)O)CC(=NN)C(=O)c4ccccc43)c(CCC)c2)ccc1C1(S(=O)(=O)O)CC(=NN)C(=O)c2ccccc21. The maximum Gasteiger partial charge on any atom is 0.279 e. The molecule has 2 unspecified atom stereocenters. The van der Waals surface area contributed by atoms with Crippen molar-refractivity contribution in [3.05, 3.63) is 129 Å². The summed E-state index contributed by atoms with van der Waals surface area (Å²) in [6.45, 7) is 3.85. The summed E-state index contributed by atoms with van der Waals surface area (Å²) in [5.41, 5.74) is 3.07. The molecule has 6 N–H and O–H groups in total. The van der Waals surface area contributed by atoms with Crippen LogP contribution in [0, 0.1) is 0 Å². The minimum atomic E-state index is -4.94. The fourth-order valence-corrected chi connectivity index (χ4v) is 10.4. The van der Waals surface area contributed by atoms with Crippen LogP contribution in [0.5, 0.6) is 0 Å². The quantitative estimate of drug-likeness (QED) is 0.0982. The molecule has 14 heteroatoms. The Labute approximate surface area is 302 Å². The third-order valence-corrected chi connectivity index (χ3v) is 13.1. The zero-order chi connectivity index (χ0) is 37.6. The second-order valence-electron chi connectivity index (χ2n) is 13.1. The number of nitrogens with two attached hydrogens (primary N) is 2. The predicted molar refractivity (Wildman–Crippen MR) is 199 cm³/mol. The van der Waals surface area contributed by atoms with Gasteiger partial charge < -0.3 is 11.7 Å². The van der Waals surface area contributed by atoms with Crippen molar-refractivity contribution < 1.29 is 35.5 Å². The van der Waals surface area contributed by atoms with Gasteiger partial charge in [0.15, 0.2) is 9.49 Å². The molecule has 0 heterocycles. The van der Waals surface area contributed by atoms with Gasteiger partial charge in [0.25, 0.3) is 20.2 Å². The highest BCUT2D eigenvalue weighted by molar-refractivity contribution is 7.87. The minimum Gasteiger partial charge on any atom is -0.323 e. The monoisotopic (exact) mass is 742 g/mol. The number of hydrogen-bond acceptors (Lipinski definition) is 10. The second kappa shape index (κ2) is 13.5. The first-order valence-corrected chi connectivity index (χ1v) is 19.6. The lowest BCUT2D eigenvalue weighted by Gasteiger charge is -2.38. The van der Waals surface area contributed by atoms with Gasteiger partial charge in [-0.05, 0) is 57.3 Å². The molecular weight excluding hydrogens is 705 g/mol. The van der Waals surface area contributed by atoms with Crippen LogP contribution in [-0.2, 0) is 42.6 Å². The number of Topliss-reactive ketones (excluding diaryl/α,β-unsaturated/α-hetero) is 2. The molecule has 0 spiro atoms. The highest BCUT2D eigenvalue weighted by Gasteiger charge is 2.55. The normalized spacial score (nSPS) is 22.0. The van der Waals surface area contributed by atoms with E-state index in [1.54, 1.807) is 48.5 Å². The lowest BCUT2D eigenvalue weighted by molar-refractivity contribution is 0.105. The number of fused-ring (bicyclic) bond motifs is 2. The number of ketones is 2. The van der Waals surface area contributed by atoms with Gasteiger partial charge in [0.1, 0.15) is 11.4 Å². The molecule has 2 aliphatic rings. The van der Waals surface area contributed by atoms with Gasteiger partial charge in [0.05, 0.1) is 0 Å². The van der Waals surface area contributed by atoms with Crippen LogP contribution >= 0.6 is 0 Å². The number of hydrogen-bond donors (Lipinski definition) is 4. The van der Waals surface area contributed by atoms with Crippen molar-refractivity contribution in [2.24, 2.45) is 21.9 Å². The molecule has 0 bridgehead atoms. The number of aryl methyl sites for hydroxylation is 2.